The molecule has 0 aliphatic heterocycles. The minimum absolute atomic E-state index is 0.0169. The molecule has 0 saturated carbocycles. The van der Waals surface area contributed by atoms with Gasteiger partial charge in [-0.25, -0.2) is 9.97 Å². The quantitative estimate of drug-likeness (QED) is 0.751. The van der Waals surface area contributed by atoms with E-state index in [0.29, 0.717) is 11.6 Å². The highest BCUT2D eigenvalue weighted by Gasteiger charge is 2.16. The Bertz CT molecular complexity index is 430. The van der Waals surface area contributed by atoms with Gasteiger partial charge >= 0.3 is 0 Å². The van der Waals surface area contributed by atoms with Crippen molar-refractivity contribution in [2.24, 2.45) is 0 Å². The fourth-order valence-corrected chi connectivity index (χ4v) is 1.97. The van der Waals surface area contributed by atoms with E-state index in [0.717, 1.165) is 39.0 Å². The molecule has 1 aromatic rings. The zero-order valence-corrected chi connectivity index (χ0v) is 13.6. The molecule has 118 valence electrons. The van der Waals surface area contributed by atoms with Crippen LogP contribution in [0.2, 0.25) is 0 Å². The first-order valence-corrected chi connectivity index (χ1v) is 7.59. The minimum Gasteiger partial charge on any atom is -0.353 e. The smallest absolute Gasteiger partial charge is 0.272 e. The van der Waals surface area contributed by atoms with E-state index in [1.54, 1.807) is 12.3 Å². The van der Waals surface area contributed by atoms with Crippen LogP contribution >= 0.6 is 0 Å². The Hall–Kier alpha value is -1.69. The Kier molecular flexibility index (Phi) is 7.68. The summed E-state index contributed by atoms with van der Waals surface area (Å²) in [6.07, 6.45) is 3.53. The molecule has 6 heteroatoms. The van der Waals surface area contributed by atoms with Crippen molar-refractivity contribution in [2.45, 2.75) is 26.7 Å². The number of nitrogens with one attached hydrogen (secondary N) is 1. The maximum Gasteiger partial charge on any atom is 0.272 e. The number of rotatable bonds is 9. The molecule has 1 amide bonds. The Balaban J connectivity index is 2.70. The standard InChI is InChI=1S/C15H27N5O/c1-5-10-20(11-6-2)14(21)13-7-8-16-15(18-13)17-9-12-19(3)4/h7-8H,5-6,9-12H2,1-4H3,(H,16,17,18). The molecular weight excluding hydrogens is 266 g/mol. The van der Waals surface area contributed by atoms with Gasteiger partial charge in [0.05, 0.1) is 0 Å². The molecule has 1 rings (SSSR count). The lowest BCUT2D eigenvalue weighted by atomic mass is 10.3. The summed E-state index contributed by atoms with van der Waals surface area (Å²) in [5, 5.41) is 3.14. The van der Waals surface area contributed by atoms with E-state index in [4.69, 9.17) is 0 Å². The van der Waals surface area contributed by atoms with Gasteiger partial charge in [-0.3, -0.25) is 4.79 Å². The monoisotopic (exact) mass is 293 g/mol. The molecule has 0 fully saturated rings. The van der Waals surface area contributed by atoms with Crippen LogP contribution in [-0.4, -0.2) is 65.9 Å². The van der Waals surface area contributed by atoms with E-state index in [2.05, 4.69) is 34.0 Å². The van der Waals surface area contributed by atoms with Gasteiger partial charge in [0, 0.05) is 32.4 Å². The minimum atomic E-state index is -0.0169. The highest BCUT2D eigenvalue weighted by Crippen LogP contribution is 2.06. The summed E-state index contributed by atoms with van der Waals surface area (Å²) in [6, 6.07) is 1.68. The van der Waals surface area contributed by atoms with Crippen LogP contribution in [-0.2, 0) is 0 Å². The second kappa shape index (κ2) is 9.28. The van der Waals surface area contributed by atoms with Gasteiger partial charge in [0.15, 0.2) is 0 Å². The first-order chi connectivity index (χ1) is 10.1. The van der Waals surface area contributed by atoms with Gasteiger partial charge in [-0.2, -0.15) is 0 Å². The van der Waals surface area contributed by atoms with Crippen molar-refractivity contribution in [3.05, 3.63) is 18.0 Å². The van der Waals surface area contributed by atoms with E-state index in [-0.39, 0.29) is 5.91 Å². The van der Waals surface area contributed by atoms with Crippen molar-refractivity contribution in [1.82, 2.24) is 19.8 Å². The van der Waals surface area contributed by atoms with Gasteiger partial charge in [0.1, 0.15) is 5.69 Å². The van der Waals surface area contributed by atoms with Crippen molar-refractivity contribution in [3.63, 3.8) is 0 Å². The third-order valence-electron chi connectivity index (χ3n) is 2.99. The van der Waals surface area contributed by atoms with Crippen molar-refractivity contribution >= 4 is 11.9 Å². The lowest BCUT2D eigenvalue weighted by Gasteiger charge is -2.21. The fourth-order valence-electron chi connectivity index (χ4n) is 1.97. The molecular formula is C15H27N5O. The second-order valence-electron chi connectivity index (χ2n) is 5.29. The van der Waals surface area contributed by atoms with Crippen molar-refractivity contribution in [2.75, 3.05) is 45.6 Å². The SMILES string of the molecule is CCCN(CCC)C(=O)c1ccnc(NCCN(C)C)n1. The van der Waals surface area contributed by atoms with Crippen LogP contribution in [0.4, 0.5) is 5.95 Å². The molecule has 0 aliphatic carbocycles. The van der Waals surface area contributed by atoms with Gasteiger partial charge in [0.25, 0.3) is 5.91 Å². The van der Waals surface area contributed by atoms with Crippen LogP contribution in [0.15, 0.2) is 12.3 Å². The summed E-state index contributed by atoms with van der Waals surface area (Å²) in [4.78, 5) is 24.9. The molecule has 1 heterocycles. The molecule has 0 saturated heterocycles. The average molecular weight is 293 g/mol. The van der Waals surface area contributed by atoms with Gasteiger partial charge in [-0.15, -0.1) is 0 Å². The number of carbonyl (C=O) groups is 1. The second-order valence-corrected chi connectivity index (χ2v) is 5.29. The number of nitrogens with zero attached hydrogens (tertiary/aromatic N) is 4. The Morgan fingerprint density at radius 3 is 2.43 bits per heavy atom. The maximum atomic E-state index is 12.5. The van der Waals surface area contributed by atoms with Crippen molar-refractivity contribution in [3.8, 4) is 0 Å². The van der Waals surface area contributed by atoms with E-state index >= 15 is 0 Å². The fraction of sp³-hybridized carbons (Fsp3) is 0.667. The number of carbonyl (C=O) groups excluding carboxylic acids is 1. The Morgan fingerprint density at radius 2 is 1.86 bits per heavy atom. The van der Waals surface area contributed by atoms with Crippen LogP contribution in [0.3, 0.4) is 0 Å². The molecule has 0 bridgehead atoms. The Morgan fingerprint density at radius 1 is 1.19 bits per heavy atom. The number of likely N-dealkylation sites (N-methyl/N-ethyl adjacent to an activating group) is 1. The summed E-state index contributed by atoms with van der Waals surface area (Å²) in [5.41, 5.74) is 0.458. The van der Waals surface area contributed by atoms with Gasteiger partial charge < -0.3 is 15.1 Å². The summed E-state index contributed by atoms with van der Waals surface area (Å²) in [5.74, 6) is 0.493. The van der Waals surface area contributed by atoms with Crippen LogP contribution in [0.25, 0.3) is 0 Å². The highest BCUT2D eigenvalue weighted by atomic mass is 16.2. The average Bonchev–Trinajstić information content (AvgIpc) is 2.46. The predicted molar refractivity (Wildman–Crippen MR) is 85.6 cm³/mol. The van der Waals surface area contributed by atoms with Crippen LogP contribution in [0, 0.1) is 0 Å². The molecule has 6 nitrogen and oxygen atoms in total. The number of hydrogen-bond acceptors (Lipinski definition) is 5. The van der Waals surface area contributed by atoms with Gasteiger partial charge in [-0.1, -0.05) is 13.8 Å². The van der Waals surface area contributed by atoms with Crippen LogP contribution < -0.4 is 5.32 Å². The van der Waals surface area contributed by atoms with Gasteiger partial charge in [0.2, 0.25) is 5.95 Å². The molecule has 0 aromatic carbocycles. The largest absolute Gasteiger partial charge is 0.353 e. The third-order valence-corrected chi connectivity index (χ3v) is 2.99. The summed E-state index contributed by atoms with van der Waals surface area (Å²) < 4.78 is 0. The summed E-state index contributed by atoms with van der Waals surface area (Å²) >= 11 is 0. The van der Waals surface area contributed by atoms with E-state index in [9.17, 15) is 4.79 Å². The topological polar surface area (TPSA) is 61.4 Å². The lowest BCUT2D eigenvalue weighted by molar-refractivity contribution is 0.0749. The molecule has 0 unspecified atom stereocenters. The van der Waals surface area contributed by atoms with E-state index in [1.807, 2.05) is 19.0 Å². The summed E-state index contributed by atoms with van der Waals surface area (Å²) in [6.45, 7) is 7.31. The molecule has 0 atom stereocenters. The molecule has 0 radical (unpaired) electrons. The molecule has 0 aliphatic rings. The number of anilines is 1. The number of hydrogen-bond donors (Lipinski definition) is 1. The molecule has 21 heavy (non-hydrogen) atoms. The highest BCUT2D eigenvalue weighted by molar-refractivity contribution is 5.92. The Labute approximate surface area is 127 Å². The predicted octanol–water partition coefficient (Wildman–Crippen LogP) is 1.71. The number of amides is 1. The van der Waals surface area contributed by atoms with E-state index < -0.39 is 0 Å². The van der Waals surface area contributed by atoms with Crippen LogP contribution in [0.1, 0.15) is 37.2 Å². The first kappa shape index (κ1) is 17.4. The molecule has 1 N–H and O–H groups in total. The van der Waals surface area contributed by atoms with E-state index in [1.165, 1.54) is 0 Å². The first-order valence-electron chi connectivity index (χ1n) is 7.59. The summed E-state index contributed by atoms with van der Waals surface area (Å²) in [7, 11) is 4.02. The molecule has 1 aromatic heterocycles. The van der Waals surface area contributed by atoms with Crippen molar-refractivity contribution in [1.29, 1.82) is 0 Å². The molecule has 0 spiro atoms. The zero-order valence-electron chi connectivity index (χ0n) is 13.6. The van der Waals surface area contributed by atoms with Gasteiger partial charge in [-0.05, 0) is 33.0 Å². The normalized spacial score (nSPS) is 10.7. The third kappa shape index (κ3) is 6.08. The number of aromatic nitrogens is 2. The lowest BCUT2D eigenvalue weighted by Crippen LogP contribution is -2.33. The van der Waals surface area contributed by atoms with Crippen LogP contribution in [0.5, 0.6) is 0 Å². The van der Waals surface area contributed by atoms with Crippen molar-refractivity contribution < 1.29 is 4.79 Å². The zero-order chi connectivity index (χ0) is 15.7. The maximum absolute atomic E-state index is 12.5.